The van der Waals surface area contributed by atoms with Gasteiger partial charge in [0.15, 0.2) is 0 Å². The molecule has 4 heteroatoms. The minimum Gasteiger partial charge on any atom is -0.477 e. The Morgan fingerprint density at radius 3 is 2.38 bits per heavy atom. The predicted molar refractivity (Wildman–Crippen MR) is 67.1 cm³/mol. The van der Waals surface area contributed by atoms with Crippen molar-refractivity contribution in [2.75, 3.05) is 13.1 Å². The number of carboxylic acids is 1. The molecular formula is C12H19NO2S. The van der Waals surface area contributed by atoms with Gasteiger partial charge in [-0.3, -0.25) is 4.90 Å². The molecule has 0 saturated carbocycles. The Bertz CT molecular complexity index is 330. The van der Waals surface area contributed by atoms with Crippen molar-refractivity contribution in [3.8, 4) is 0 Å². The second-order valence-corrected chi connectivity index (χ2v) is 5.02. The lowest BCUT2D eigenvalue weighted by Gasteiger charge is -2.19. The van der Waals surface area contributed by atoms with E-state index < -0.39 is 5.97 Å². The van der Waals surface area contributed by atoms with Crippen molar-refractivity contribution in [3.05, 3.63) is 21.9 Å². The van der Waals surface area contributed by atoms with Crippen molar-refractivity contribution in [1.29, 1.82) is 0 Å². The van der Waals surface area contributed by atoms with Crippen LogP contribution in [0.1, 0.15) is 41.2 Å². The SMILES string of the molecule is CCCN(CCC)Cc1ccc(C(=O)O)s1. The van der Waals surface area contributed by atoms with E-state index in [1.165, 1.54) is 11.3 Å². The van der Waals surface area contributed by atoms with E-state index in [-0.39, 0.29) is 0 Å². The lowest BCUT2D eigenvalue weighted by molar-refractivity contribution is 0.0702. The maximum Gasteiger partial charge on any atom is 0.345 e. The van der Waals surface area contributed by atoms with Crippen molar-refractivity contribution in [3.63, 3.8) is 0 Å². The summed E-state index contributed by atoms with van der Waals surface area (Å²) in [7, 11) is 0. The van der Waals surface area contributed by atoms with E-state index in [0.29, 0.717) is 4.88 Å². The van der Waals surface area contributed by atoms with Crippen molar-refractivity contribution in [2.45, 2.75) is 33.2 Å². The maximum absolute atomic E-state index is 10.7. The van der Waals surface area contributed by atoms with Crippen LogP contribution in [0, 0.1) is 0 Å². The molecule has 0 spiro atoms. The highest BCUT2D eigenvalue weighted by Gasteiger charge is 2.09. The number of aromatic carboxylic acids is 1. The van der Waals surface area contributed by atoms with Crippen molar-refractivity contribution >= 4 is 17.3 Å². The molecule has 0 unspecified atom stereocenters. The number of carbonyl (C=O) groups is 1. The average molecular weight is 241 g/mol. The van der Waals surface area contributed by atoms with Crippen molar-refractivity contribution < 1.29 is 9.90 Å². The van der Waals surface area contributed by atoms with Gasteiger partial charge in [-0.05, 0) is 38.1 Å². The number of carboxylic acid groups (broad SMARTS) is 1. The third kappa shape index (κ3) is 3.94. The van der Waals surface area contributed by atoms with E-state index >= 15 is 0 Å². The first kappa shape index (κ1) is 13.2. The molecule has 90 valence electrons. The van der Waals surface area contributed by atoms with Gasteiger partial charge >= 0.3 is 5.97 Å². The molecule has 1 heterocycles. The lowest BCUT2D eigenvalue weighted by Crippen LogP contribution is -2.24. The Hall–Kier alpha value is -0.870. The largest absolute Gasteiger partial charge is 0.477 e. The molecule has 1 aromatic rings. The zero-order chi connectivity index (χ0) is 12.0. The topological polar surface area (TPSA) is 40.5 Å². The van der Waals surface area contributed by atoms with Crippen molar-refractivity contribution in [1.82, 2.24) is 4.90 Å². The van der Waals surface area contributed by atoms with Crippen LogP contribution >= 0.6 is 11.3 Å². The molecule has 0 amide bonds. The van der Waals surface area contributed by atoms with Crippen LogP contribution in [0.5, 0.6) is 0 Å². The first-order chi connectivity index (χ1) is 7.67. The fraction of sp³-hybridized carbons (Fsp3) is 0.583. The highest BCUT2D eigenvalue weighted by atomic mass is 32.1. The summed E-state index contributed by atoms with van der Waals surface area (Å²) < 4.78 is 0. The van der Waals surface area contributed by atoms with E-state index in [0.717, 1.165) is 37.4 Å². The van der Waals surface area contributed by atoms with Crippen LogP contribution in [0.3, 0.4) is 0 Å². The quantitative estimate of drug-likeness (QED) is 0.797. The standard InChI is InChI=1S/C12H19NO2S/c1-3-7-13(8-4-2)9-10-5-6-11(16-10)12(14)15/h5-6H,3-4,7-9H2,1-2H3,(H,14,15). The van der Waals surface area contributed by atoms with Gasteiger partial charge in [0.2, 0.25) is 0 Å². The molecule has 0 saturated heterocycles. The highest BCUT2D eigenvalue weighted by molar-refractivity contribution is 7.13. The molecule has 3 nitrogen and oxygen atoms in total. The van der Waals surface area contributed by atoms with Crippen molar-refractivity contribution in [2.24, 2.45) is 0 Å². The Morgan fingerprint density at radius 1 is 1.31 bits per heavy atom. The fourth-order valence-corrected chi connectivity index (χ4v) is 2.59. The molecule has 1 N–H and O–H groups in total. The summed E-state index contributed by atoms with van der Waals surface area (Å²) in [5.41, 5.74) is 0. The summed E-state index contributed by atoms with van der Waals surface area (Å²) in [4.78, 5) is 14.7. The van der Waals surface area contributed by atoms with Gasteiger partial charge in [0.05, 0.1) is 0 Å². The number of thiophene rings is 1. The first-order valence-electron chi connectivity index (χ1n) is 5.71. The Balaban J connectivity index is 2.58. The molecular weight excluding hydrogens is 222 g/mol. The number of nitrogens with zero attached hydrogens (tertiary/aromatic N) is 1. The van der Waals surface area contributed by atoms with E-state index in [1.807, 2.05) is 6.07 Å². The Kier molecular flexibility index (Phi) is 5.49. The monoisotopic (exact) mass is 241 g/mol. The van der Waals surface area contributed by atoms with Gasteiger partial charge in [-0.25, -0.2) is 4.79 Å². The van der Waals surface area contributed by atoms with Crippen LogP contribution in [0.15, 0.2) is 12.1 Å². The number of hydrogen-bond donors (Lipinski definition) is 1. The molecule has 0 aliphatic heterocycles. The molecule has 0 bridgehead atoms. The molecule has 0 aliphatic rings. The zero-order valence-electron chi connectivity index (χ0n) is 9.90. The van der Waals surface area contributed by atoms with Crippen LogP contribution in [0.25, 0.3) is 0 Å². The lowest BCUT2D eigenvalue weighted by atomic mass is 10.3. The third-order valence-electron chi connectivity index (χ3n) is 2.33. The Morgan fingerprint density at radius 2 is 1.94 bits per heavy atom. The number of rotatable bonds is 7. The van der Waals surface area contributed by atoms with E-state index in [4.69, 9.17) is 5.11 Å². The van der Waals surface area contributed by atoms with Crippen LogP contribution in [0.2, 0.25) is 0 Å². The molecule has 0 fully saturated rings. The molecule has 16 heavy (non-hydrogen) atoms. The highest BCUT2D eigenvalue weighted by Crippen LogP contribution is 2.18. The summed E-state index contributed by atoms with van der Waals surface area (Å²) in [5.74, 6) is -0.825. The average Bonchev–Trinajstić information content (AvgIpc) is 2.67. The second-order valence-electron chi connectivity index (χ2n) is 3.85. The van der Waals surface area contributed by atoms with Gasteiger partial charge in [0, 0.05) is 11.4 Å². The van der Waals surface area contributed by atoms with Gasteiger partial charge in [0.25, 0.3) is 0 Å². The smallest absolute Gasteiger partial charge is 0.345 e. The minimum atomic E-state index is -0.825. The van der Waals surface area contributed by atoms with Crippen LogP contribution < -0.4 is 0 Å². The van der Waals surface area contributed by atoms with E-state index in [2.05, 4.69) is 18.7 Å². The van der Waals surface area contributed by atoms with Gasteiger partial charge in [0.1, 0.15) is 4.88 Å². The van der Waals surface area contributed by atoms with E-state index in [1.54, 1.807) is 6.07 Å². The van der Waals surface area contributed by atoms with Gasteiger partial charge in [-0.2, -0.15) is 0 Å². The van der Waals surface area contributed by atoms with Gasteiger partial charge in [-0.15, -0.1) is 11.3 Å². The predicted octanol–water partition coefficient (Wildman–Crippen LogP) is 3.07. The van der Waals surface area contributed by atoms with Crippen LogP contribution in [-0.2, 0) is 6.54 Å². The molecule has 0 radical (unpaired) electrons. The van der Waals surface area contributed by atoms with Crippen LogP contribution in [0.4, 0.5) is 0 Å². The molecule has 0 aliphatic carbocycles. The van der Waals surface area contributed by atoms with Crippen LogP contribution in [-0.4, -0.2) is 29.1 Å². The van der Waals surface area contributed by atoms with Gasteiger partial charge < -0.3 is 5.11 Å². The second kappa shape index (κ2) is 6.66. The zero-order valence-corrected chi connectivity index (χ0v) is 10.7. The molecule has 0 aromatic carbocycles. The maximum atomic E-state index is 10.7. The fourth-order valence-electron chi connectivity index (χ4n) is 1.70. The summed E-state index contributed by atoms with van der Waals surface area (Å²) in [6.07, 6.45) is 2.27. The molecule has 1 aromatic heterocycles. The summed E-state index contributed by atoms with van der Waals surface area (Å²) in [6.45, 7) is 7.36. The summed E-state index contributed by atoms with van der Waals surface area (Å²) in [6, 6.07) is 3.62. The minimum absolute atomic E-state index is 0.433. The molecule has 0 atom stereocenters. The normalized spacial score (nSPS) is 10.9. The summed E-state index contributed by atoms with van der Waals surface area (Å²) in [5, 5.41) is 8.84. The first-order valence-corrected chi connectivity index (χ1v) is 6.53. The van der Waals surface area contributed by atoms with E-state index in [9.17, 15) is 4.79 Å². The summed E-state index contributed by atoms with van der Waals surface area (Å²) >= 11 is 1.38. The molecule has 1 rings (SSSR count). The van der Waals surface area contributed by atoms with Gasteiger partial charge in [-0.1, -0.05) is 13.8 Å². The third-order valence-corrected chi connectivity index (χ3v) is 3.39. The number of hydrogen-bond acceptors (Lipinski definition) is 3. The Labute approximate surface area is 101 Å².